The summed E-state index contributed by atoms with van der Waals surface area (Å²) in [5.74, 6) is -1.13. The third-order valence-corrected chi connectivity index (χ3v) is 7.57. The first-order valence-corrected chi connectivity index (χ1v) is 8.96. The number of hydrogen-bond acceptors (Lipinski definition) is 4. The van der Waals surface area contributed by atoms with Crippen LogP contribution >= 0.6 is 38.9 Å². The summed E-state index contributed by atoms with van der Waals surface area (Å²) in [6.45, 7) is 0. The molecule has 1 heterocycles. The van der Waals surface area contributed by atoms with E-state index in [0.717, 1.165) is 11.3 Å². The minimum absolute atomic E-state index is 0.0110. The van der Waals surface area contributed by atoms with Gasteiger partial charge in [0.2, 0.25) is 0 Å². The fraction of sp³-hybridized carbons (Fsp3) is 0.500. The average molecular weight is 389 g/mol. The van der Waals surface area contributed by atoms with Crippen molar-refractivity contribution in [1.82, 2.24) is 4.72 Å². The minimum atomic E-state index is -3.88. The normalized spacial score (nSPS) is 18.6. The minimum Gasteiger partial charge on any atom is -0.480 e. The lowest BCUT2D eigenvalue weighted by Crippen LogP contribution is -2.52. The van der Waals surface area contributed by atoms with Crippen molar-refractivity contribution in [2.24, 2.45) is 0 Å². The zero-order chi connectivity index (χ0) is 14.3. The van der Waals surface area contributed by atoms with Crippen molar-refractivity contribution in [3.63, 3.8) is 0 Å². The van der Waals surface area contributed by atoms with Crippen LogP contribution in [0.15, 0.2) is 14.1 Å². The lowest BCUT2D eigenvalue weighted by molar-refractivity contribution is -0.143. The Morgan fingerprint density at radius 1 is 1.47 bits per heavy atom. The van der Waals surface area contributed by atoms with E-state index in [1.807, 2.05) is 0 Å². The van der Waals surface area contributed by atoms with Crippen molar-refractivity contribution >= 4 is 54.9 Å². The van der Waals surface area contributed by atoms with Gasteiger partial charge in [-0.1, -0.05) is 24.4 Å². The number of carbonyl (C=O) groups is 1. The first kappa shape index (κ1) is 15.2. The van der Waals surface area contributed by atoms with Gasteiger partial charge in [0.25, 0.3) is 10.0 Å². The van der Waals surface area contributed by atoms with Crippen molar-refractivity contribution in [1.29, 1.82) is 0 Å². The highest BCUT2D eigenvalue weighted by Gasteiger charge is 2.45. The van der Waals surface area contributed by atoms with Crippen LogP contribution in [0.1, 0.15) is 25.7 Å². The highest BCUT2D eigenvalue weighted by atomic mass is 79.9. The second kappa shape index (κ2) is 5.33. The molecule has 0 unspecified atom stereocenters. The quantitative estimate of drug-likeness (QED) is 0.831. The number of aliphatic carboxylic acids is 1. The summed E-state index contributed by atoms with van der Waals surface area (Å²) in [6, 6.07) is 1.31. The van der Waals surface area contributed by atoms with E-state index < -0.39 is 21.5 Å². The van der Waals surface area contributed by atoms with Crippen molar-refractivity contribution in [3.8, 4) is 0 Å². The van der Waals surface area contributed by atoms with E-state index in [9.17, 15) is 18.3 Å². The molecule has 2 N–H and O–H groups in total. The molecule has 1 saturated carbocycles. The van der Waals surface area contributed by atoms with Gasteiger partial charge in [-0.3, -0.25) is 4.79 Å². The molecule has 9 heteroatoms. The van der Waals surface area contributed by atoms with Gasteiger partial charge in [-0.15, -0.1) is 11.3 Å². The summed E-state index contributed by atoms with van der Waals surface area (Å²) in [7, 11) is -3.88. The lowest BCUT2D eigenvalue weighted by atomic mass is 10.0. The standard InChI is InChI=1S/C10H11BrClNO4S2/c11-8-6(12)5-7(18-8)19(16,17)13-10(9(14)15)3-1-2-4-10/h5,13H,1-4H2,(H,14,15). The maximum absolute atomic E-state index is 12.2. The number of halogens is 2. The number of sulfonamides is 1. The van der Waals surface area contributed by atoms with Crippen molar-refractivity contribution in [2.45, 2.75) is 35.4 Å². The molecule has 1 aliphatic rings. The van der Waals surface area contributed by atoms with Crippen LogP contribution in [0.4, 0.5) is 0 Å². The Morgan fingerprint density at radius 2 is 2.05 bits per heavy atom. The second-order valence-electron chi connectivity index (χ2n) is 4.39. The Hall–Kier alpha value is -0.150. The van der Waals surface area contributed by atoms with Crippen LogP contribution in [0.2, 0.25) is 5.02 Å². The van der Waals surface area contributed by atoms with Gasteiger partial charge < -0.3 is 5.11 Å². The van der Waals surface area contributed by atoms with E-state index >= 15 is 0 Å². The Kier molecular flexibility index (Phi) is 4.27. The maximum Gasteiger partial charge on any atom is 0.324 e. The maximum atomic E-state index is 12.2. The second-order valence-corrected chi connectivity index (χ2v) is 9.07. The molecule has 1 aliphatic carbocycles. The van der Waals surface area contributed by atoms with E-state index in [2.05, 4.69) is 20.7 Å². The molecule has 0 atom stereocenters. The van der Waals surface area contributed by atoms with Crippen LogP contribution < -0.4 is 4.72 Å². The third kappa shape index (κ3) is 2.97. The molecule has 0 aliphatic heterocycles. The van der Waals surface area contributed by atoms with Gasteiger partial charge in [0.15, 0.2) is 0 Å². The molecule has 106 valence electrons. The molecular formula is C10H11BrClNO4S2. The highest BCUT2D eigenvalue weighted by Crippen LogP contribution is 2.37. The first-order valence-electron chi connectivity index (χ1n) is 5.49. The SMILES string of the molecule is O=C(O)C1(NS(=O)(=O)c2cc(Cl)c(Br)s2)CCCC1. The van der Waals surface area contributed by atoms with Gasteiger partial charge in [-0.25, -0.2) is 8.42 Å². The molecule has 5 nitrogen and oxygen atoms in total. The Bertz CT molecular complexity index is 588. The van der Waals surface area contributed by atoms with Crippen molar-refractivity contribution in [2.75, 3.05) is 0 Å². The van der Waals surface area contributed by atoms with Gasteiger partial charge in [0.05, 0.1) is 8.81 Å². The molecule has 0 amide bonds. The summed E-state index contributed by atoms with van der Waals surface area (Å²) in [6.07, 6.45) is 2.01. The molecule has 1 aromatic rings. The highest BCUT2D eigenvalue weighted by molar-refractivity contribution is 9.11. The molecule has 1 fully saturated rings. The zero-order valence-electron chi connectivity index (χ0n) is 9.65. The van der Waals surface area contributed by atoms with E-state index in [1.54, 1.807) is 0 Å². The third-order valence-electron chi connectivity index (χ3n) is 3.08. The molecule has 1 aromatic heterocycles. The first-order chi connectivity index (χ1) is 8.77. The Morgan fingerprint density at radius 3 is 2.47 bits per heavy atom. The number of hydrogen-bond donors (Lipinski definition) is 2. The zero-order valence-corrected chi connectivity index (χ0v) is 13.6. The molecule has 0 aromatic carbocycles. The smallest absolute Gasteiger partial charge is 0.324 e. The summed E-state index contributed by atoms with van der Waals surface area (Å²) >= 11 is 9.90. The summed E-state index contributed by atoms with van der Waals surface area (Å²) in [4.78, 5) is 11.3. The van der Waals surface area contributed by atoms with Crippen LogP contribution in [-0.4, -0.2) is 25.0 Å². The molecule has 2 rings (SSSR count). The molecule has 0 spiro atoms. The van der Waals surface area contributed by atoms with Gasteiger partial charge in [0.1, 0.15) is 9.75 Å². The number of thiophene rings is 1. The van der Waals surface area contributed by atoms with Crippen LogP contribution in [0.3, 0.4) is 0 Å². The largest absolute Gasteiger partial charge is 0.480 e. The molecule has 0 radical (unpaired) electrons. The van der Waals surface area contributed by atoms with Gasteiger partial charge in [-0.05, 0) is 34.8 Å². The summed E-state index contributed by atoms with van der Waals surface area (Å²) in [5, 5.41) is 9.57. The number of rotatable bonds is 4. The molecule has 0 bridgehead atoms. The van der Waals surface area contributed by atoms with E-state index in [0.29, 0.717) is 34.5 Å². The van der Waals surface area contributed by atoms with E-state index in [-0.39, 0.29) is 4.21 Å². The van der Waals surface area contributed by atoms with Crippen LogP contribution in [0, 0.1) is 0 Å². The summed E-state index contributed by atoms with van der Waals surface area (Å²) in [5.41, 5.74) is -1.39. The van der Waals surface area contributed by atoms with Crippen molar-refractivity contribution in [3.05, 3.63) is 14.9 Å². The molecular weight excluding hydrogens is 378 g/mol. The molecule has 19 heavy (non-hydrogen) atoms. The van der Waals surface area contributed by atoms with Gasteiger partial charge in [-0.2, -0.15) is 4.72 Å². The van der Waals surface area contributed by atoms with Gasteiger partial charge in [0, 0.05) is 0 Å². The summed E-state index contributed by atoms with van der Waals surface area (Å²) < 4.78 is 27.3. The van der Waals surface area contributed by atoms with Crippen molar-refractivity contribution < 1.29 is 18.3 Å². The van der Waals surface area contributed by atoms with Crippen LogP contribution in [-0.2, 0) is 14.8 Å². The van der Waals surface area contributed by atoms with Crippen LogP contribution in [0.25, 0.3) is 0 Å². The topological polar surface area (TPSA) is 83.5 Å². The van der Waals surface area contributed by atoms with E-state index in [1.165, 1.54) is 6.07 Å². The fourth-order valence-corrected chi connectivity index (χ4v) is 5.92. The van der Waals surface area contributed by atoms with E-state index in [4.69, 9.17) is 11.6 Å². The number of carboxylic acid groups (broad SMARTS) is 1. The number of nitrogens with one attached hydrogen (secondary N) is 1. The Labute approximate surface area is 128 Å². The van der Waals surface area contributed by atoms with Gasteiger partial charge >= 0.3 is 5.97 Å². The molecule has 0 saturated heterocycles. The lowest BCUT2D eigenvalue weighted by Gasteiger charge is -2.24. The predicted octanol–water partition coefficient (Wildman–Crippen LogP) is 2.84. The van der Waals surface area contributed by atoms with Crippen LogP contribution in [0.5, 0.6) is 0 Å². The fourth-order valence-electron chi connectivity index (χ4n) is 2.10. The average Bonchev–Trinajstić information content (AvgIpc) is 2.88. The Balaban J connectivity index is 2.33. The predicted molar refractivity (Wildman–Crippen MR) is 76.2 cm³/mol. The number of carboxylic acids is 1. The monoisotopic (exact) mass is 387 g/mol.